The molecule has 0 saturated heterocycles. The van der Waals surface area contributed by atoms with Crippen LogP contribution in [0.15, 0.2) is 0 Å². The molecule has 1 atom stereocenters. The summed E-state index contributed by atoms with van der Waals surface area (Å²) in [6.07, 6.45) is 2.49. The Bertz CT molecular complexity index is 364. The van der Waals surface area contributed by atoms with Gasteiger partial charge in [-0.2, -0.15) is 17.9 Å². The van der Waals surface area contributed by atoms with Crippen LogP contribution in [0.4, 0.5) is 0 Å². The summed E-state index contributed by atoms with van der Waals surface area (Å²) in [7, 11) is -3.72. The topological polar surface area (TPSA) is 95.5 Å². The largest absolute Gasteiger partial charge is 0.480 e. The molecule has 16 heavy (non-hydrogen) atoms. The summed E-state index contributed by atoms with van der Waals surface area (Å²) >= 11 is 0. The predicted molar refractivity (Wildman–Crippen MR) is 59.2 cm³/mol. The van der Waals surface area contributed by atoms with Crippen molar-refractivity contribution in [3.63, 3.8) is 0 Å². The lowest BCUT2D eigenvalue weighted by molar-refractivity contribution is -0.143. The molecule has 0 aromatic rings. The average molecular weight is 250 g/mol. The van der Waals surface area contributed by atoms with Gasteiger partial charge in [0.1, 0.15) is 5.54 Å². The molecule has 1 fully saturated rings. The van der Waals surface area contributed by atoms with E-state index in [1.165, 1.54) is 6.92 Å². The molecular weight excluding hydrogens is 232 g/mol. The average Bonchev–Trinajstić information content (AvgIpc) is 2.86. The SMILES string of the molecule is CCCC(C)(NS(=O)(=O)NC1CC1)C(=O)O. The van der Waals surface area contributed by atoms with E-state index in [1.54, 1.807) is 0 Å². The first-order chi connectivity index (χ1) is 7.29. The zero-order chi connectivity index (χ0) is 12.4. The summed E-state index contributed by atoms with van der Waals surface area (Å²) < 4.78 is 27.8. The highest BCUT2D eigenvalue weighted by Gasteiger charge is 2.38. The summed E-state index contributed by atoms with van der Waals surface area (Å²) in [6.45, 7) is 3.19. The third-order valence-electron chi connectivity index (χ3n) is 2.48. The molecule has 1 aliphatic carbocycles. The van der Waals surface area contributed by atoms with E-state index in [4.69, 9.17) is 5.11 Å². The Hall–Kier alpha value is -0.660. The van der Waals surface area contributed by atoms with E-state index in [-0.39, 0.29) is 12.5 Å². The van der Waals surface area contributed by atoms with Gasteiger partial charge >= 0.3 is 5.97 Å². The molecule has 7 heteroatoms. The molecule has 6 nitrogen and oxygen atoms in total. The van der Waals surface area contributed by atoms with Crippen LogP contribution in [0.3, 0.4) is 0 Å². The summed E-state index contributed by atoms with van der Waals surface area (Å²) in [5.74, 6) is -1.16. The van der Waals surface area contributed by atoms with Gasteiger partial charge in [0.15, 0.2) is 0 Å². The fourth-order valence-electron chi connectivity index (χ4n) is 1.45. The Morgan fingerprint density at radius 1 is 1.50 bits per heavy atom. The first-order valence-corrected chi connectivity index (χ1v) is 6.82. The third kappa shape index (κ3) is 3.73. The molecular formula is C9H18N2O4S. The van der Waals surface area contributed by atoms with E-state index >= 15 is 0 Å². The van der Waals surface area contributed by atoms with Crippen molar-refractivity contribution in [2.24, 2.45) is 0 Å². The zero-order valence-electron chi connectivity index (χ0n) is 9.49. The molecule has 0 heterocycles. The van der Waals surface area contributed by atoms with Gasteiger partial charge in [0.25, 0.3) is 10.2 Å². The molecule has 1 aliphatic rings. The van der Waals surface area contributed by atoms with Crippen molar-refractivity contribution in [2.75, 3.05) is 0 Å². The smallest absolute Gasteiger partial charge is 0.324 e. The van der Waals surface area contributed by atoms with Gasteiger partial charge in [0.05, 0.1) is 0 Å². The van der Waals surface area contributed by atoms with Crippen LogP contribution in [0.25, 0.3) is 0 Å². The van der Waals surface area contributed by atoms with Crippen LogP contribution in [0.5, 0.6) is 0 Å². The first kappa shape index (κ1) is 13.4. The molecule has 1 unspecified atom stereocenters. The van der Waals surface area contributed by atoms with Crippen LogP contribution in [0.1, 0.15) is 39.5 Å². The van der Waals surface area contributed by atoms with Crippen LogP contribution in [0, 0.1) is 0 Å². The number of carbonyl (C=O) groups is 1. The molecule has 1 saturated carbocycles. The van der Waals surface area contributed by atoms with Crippen molar-refractivity contribution in [3.05, 3.63) is 0 Å². The molecule has 0 amide bonds. The number of nitrogens with one attached hydrogen (secondary N) is 2. The van der Waals surface area contributed by atoms with Crippen LogP contribution < -0.4 is 9.44 Å². The van der Waals surface area contributed by atoms with Gasteiger partial charge in [-0.1, -0.05) is 13.3 Å². The summed E-state index contributed by atoms with van der Waals surface area (Å²) in [4.78, 5) is 11.0. The van der Waals surface area contributed by atoms with E-state index in [0.29, 0.717) is 6.42 Å². The van der Waals surface area contributed by atoms with E-state index < -0.39 is 21.7 Å². The summed E-state index contributed by atoms with van der Waals surface area (Å²) in [5.41, 5.74) is -1.44. The zero-order valence-corrected chi connectivity index (χ0v) is 10.3. The maximum Gasteiger partial charge on any atom is 0.324 e. The monoisotopic (exact) mass is 250 g/mol. The van der Waals surface area contributed by atoms with Gasteiger partial charge < -0.3 is 5.11 Å². The second-order valence-electron chi connectivity index (χ2n) is 4.38. The number of aliphatic carboxylic acids is 1. The highest BCUT2D eigenvalue weighted by atomic mass is 32.2. The fraction of sp³-hybridized carbons (Fsp3) is 0.889. The Morgan fingerprint density at radius 2 is 2.06 bits per heavy atom. The fourth-order valence-corrected chi connectivity index (χ4v) is 2.96. The first-order valence-electron chi connectivity index (χ1n) is 5.34. The quantitative estimate of drug-likeness (QED) is 0.602. The van der Waals surface area contributed by atoms with E-state index in [9.17, 15) is 13.2 Å². The van der Waals surface area contributed by atoms with Crippen molar-refractivity contribution in [1.29, 1.82) is 0 Å². The van der Waals surface area contributed by atoms with Crippen LogP contribution in [0.2, 0.25) is 0 Å². The number of hydrogen-bond donors (Lipinski definition) is 3. The summed E-state index contributed by atoms with van der Waals surface area (Å²) in [5, 5.41) is 9.02. The maximum atomic E-state index is 11.6. The summed E-state index contributed by atoms with van der Waals surface area (Å²) in [6, 6.07) is -0.0304. The molecule has 0 aromatic heterocycles. The Labute approximate surface area is 95.6 Å². The van der Waals surface area contributed by atoms with Gasteiger partial charge in [0, 0.05) is 6.04 Å². The van der Waals surface area contributed by atoms with Gasteiger partial charge in [-0.15, -0.1) is 0 Å². The van der Waals surface area contributed by atoms with Crippen LogP contribution >= 0.6 is 0 Å². The van der Waals surface area contributed by atoms with Gasteiger partial charge in [-0.3, -0.25) is 4.79 Å². The molecule has 1 rings (SSSR count). The van der Waals surface area contributed by atoms with Crippen molar-refractivity contribution in [3.8, 4) is 0 Å². The Kier molecular flexibility index (Phi) is 3.92. The lowest BCUT2D eigenvalue weighted by Gasteiger charge is -2.25. The minimum absolute atomic E-state index is 0.0304. The van der Waals surface area contributed by atoms with E-state index in [2.05, 4.69) is 9.44 Å². The molecule has 0 spiro atoms. The Balaban J connectivity index is 2.69. The lowest BCUT2D eigenvalue weighted by Crippen LogP contribution is -2.55. The van der Waals surface area contributed by atoms with Crippen molar-refractivity contribution in [1.82, 2.24) is 9.44 Å². The van der Waals surface area contributed by atoms with Gasteiger partial charge in [-0.25, -0.2) is 0 Å². The molecule has 0 bridgehead atoms. The minimum Gasteiger partial charge on any atom is -0.480 e. The standard InChI is InChI=1S/C9H18N2O4S/c1-3-6-9(2,8(12)13)11-16(14,15)10-7-4-5-7/h7,10-11H,3-6H2,1-2H3,(H,12,13). The van der Waals surface area contributed by atoms with E-state index in [1.807, 2.05) is 6.92 Å². The molecule has 0 aromatic carbocycles. The van der Waals surface area contributed by atoms with E-state index in [0.717, 1.165) is 12.8 Å². The van der Waals surface area contributed by atoms with Crippen molar-refractivity contribution >= 4 is 16.2 Å². The highest BCUT2D eigenvalue weighted by molar-refractivity contribution is 7.87. The minimum atomic E-state index is -3.72. The van der Waals surface area contributed by atoms with Crippen molar-refractivity contribution < 1.29 is 18.3 Å². The van der Waals surface area contributed by atoms with Crippen molar-refractivity contribution in [2.45, 2.75) is 51.1 Å². The second-order valence-corrected chi connectivity index (χ2v) is 5.83. The van der Waals surface area contributed by atoms with Crippen LogP contribution in [-0.4, -0.2) is 31.1 Å². The van der Waals surface area contributed by atoms with Gasteiger partial charge in [0.2, 0.25) is 0 Å². The van der Waals surface area contributed by atoms with Gasteiger partial charge in [-0.05, 0) is 26.2 Å². The number of carboxylic acids is 1. The molecule has 94 valence electrons. The highest BCUT2D eigenvalue weighted by Crippen LogP contribution is 2.20. The predicted octanol–water partition coefficient (Wildman–Crippen LogP) is 0.216. The lowest BCUT2D eigenvalue weighted by atomic mass is 9.98. The van der Waals surface area contributed by atoms with Crippen LogP contribution in [-0.2, 0) is 15.0 Å². The molecule has 0 aliphatic heterocycles. The number of carboxylic acid groups (broad SMARTS) is 1. The number of hydrogen-bond acceptors (Lipinski definition) is 3. The molecule has 3 N–H and O–H groups in total. The second kappa shape index (κ2) is 4.68. The number of rotatable bonds is 7. The maximum absolute atomic E-state index is 11.6. The molecule has 0 radical (unpaired) electrons. The third-order valence-corrected chi connectivity index (χ3v) is 3.84. The normalized spacial score (nSPS) is 20.4. The Morgan fingerprint density at radius 3 is 2.44 bits per heavy atom.